The third kappa shape index (κ3) is 3.11. The van der Waals surface area contributed by atoms with Gasteiger partial charge >= 0.3 is 0 Å². The van der Waals surface area contributed by atoms with Gasteiger partial charge in [0.05, 0.1) is 6.54 Å². The number of carbonyl (C=O) groups is 1. The fourth-order valence-electron chi connectivity index (χ4n) is 3.44. The van der Waals surface area contributed by atoms with Crippen molar-refractivity contribution in [2.75, 3.05) is 13.1 Å². The molecule has 2 aromatic rings. The summed E-state index contributed by atoms with van der Waals surface area (Å²) < 4.78 is 19.2. The molecule has 3 atom stereocenters. The number of hydrogen-bond acceptors (Lipinski definition) is 3. The average Bonchev–Trinajstić information content (AvgIpc) is 3.27. The van der Waals surface area contributed by atoms with Crippen molar-refractivity contribution in [2.45, 2.75) is 24.9 Å². The van der Waals surface area contributed by atoms with E-state index in [9.17, 15) is 9.18 Å². The monoisotopic (exact) mass is 326 g/mol. The van der Waals surface area contributed by atoms with Crippen LogP contribution in [0.1, 0.15) is 24.3 Å². The summed E-state index contributed by atoms with van der Waals surface area (Å²) in [6, 6.07) is 10.2. The summed E-state index contributed by atoms with van der Waals surface area (Å²) in [7, 11) is 0. The van der Waals surface area contributed by atoms with Gasteiger partial charge in [0.15, 0.2) is 0 Å². The van der Waals surface area contributed by atoms with Crippen LogP contribution in [0.4, 0.5) is 4.39 Å². The minimum atomic E-state index is -0.238. The highest BCUT2D eigenvalue weighted by Crippen LogP contribution is 2.48. The van der Waals surface area contributed by atoms with E-state index in [4.69, 9.17) is 4.74 Å². The Kier molecular flexibility index (Phi) is 3.92. The second-order valence-electron chi connectivity index (χ2n) is 6.50. The SMILES string of the molecule is O=C([C@@H]1C[C@H]1c1cccc(F)c1)N1CC[C@@H](Oc2ccncc2)C1. The van der Waals surface area contributed by atoms with E-state index in [0.29, 0.717) is 6.54 Å². The van der Waals surface area contributed by atoms with Gasteiger partial charge in [0.2, 0.25) is 5.91 Å². The average molecular weight is 326 g/mol. The van der Waals surface area contributed by atoms with Crippen molar-refractivity contribution in [1.82, 2.24) is 9.88 Å². The molecule has 0 radical (unpaired) electrons. The molecule has 124 valence electrons. The number of rotatable bonds is 4. The van der Waals surface area contributed by atoms with Gasteiger partial charge in [-0.05, 0) is 42.2 Å². The number of hydrogen-bond donors (Lipinski definition) is 0. The molecule has 1 aliphatic heterocycles. The summed E-state index contributed by atoms with van der Waals surface area (Å²) in [5.74, 6) is 0.871. The van der Waals surface area contributed by atoms with E-state index in [1.807, 2.05) is 23.1 Å². The molecule has 5 heteroatoms. The summed E-state index contributed by atoms with van der Waals surface area (Å²) in [6.07, 6.45) is 5.07. The highest BCUT2D eigenvalue weighted by Gasteiger charge is 2.47. The number of aromatic nitrogens is 1. The van der Waals surface area contributed by atoms with Gasteiger partial charge in [0, 0.05) is 31.3 Å². The fraction of sp³-hybridized carbons (Fsp3) is 0.368. The number of ether oxygens (including phenoxy) is 1. The van der Waals surface area contributed by atoms with Crippen LogP contribution in [-0.2, 0) is 4.79 Å². The summed E-state index contributed by atoms with van der Waals surface area (Å²) in [4.78, 5) is 18.5. The summed E-state index contributed by atoms with van der Waals surface area (Å²) in [5.41, 5.74) is 0.928. The Labute approximate surface area is 140 Å². The molecule has 24 heavy (non-hydrogen) atoms. The Hall–Kier alpha value is -2.43. The van der Waals surface area contributed by atoms with E-state index in [1.165, 1.54) is 12.1 Å². The molecule has 2 aliphatic rings. The van der Waals surface area contributed by atoms with E-state index < -0.39 is 0 Å². The van der Waals surface area contributed by atoms with Crippen LogP contribution in [0.25, 0.3) is 0 Å². The lowest BCUT2D eigenvalue weighted by molar-refractivity contribution is -0.131. The molecule has 1 aromatic carbocycles. The molecule has 4 nitrogen and oxygen atoms in total. The van der Waals surface area contributed by atoms with Crippen LogP contribution in [0, 0.1) is 11.7 Å². The standard InChI is InChI=1S/C19H19FN2O2/c20-14-3-1-2-13(10-14)17-11-18(17)19(23)22-9-6-16(12-22)24-15-4-7-21-8-5-15/h1-5,7-8,10,16-18H,6,9,11-12H2/t16-,17+,18-/m1/s1. The summed E-state index contributed by atoms with van der Waals surface area (Å²) in [6.45, 7) is 1.34. The molecule has 0 spiro atoms. The molecule has 4 rings (SSSR count). The second-order valence-corrected chi connectivity index (χ2v) is 6.50. The maximum Gasteiger partial charge on any atom is 0.226 e. The predicted octanol–water partition coefficient (Wildman–Crippen LogP) is 3.00. The van der Waals surface area contributed by atoms with E-state index >= 15 is 0 Å². The molecule has 2 fully saturated rings. The van der Waals surface area contributed by atoms with Crippen LogP contribution in [0.3, 0.4) is 0 Å². The van der Waals surface area contributed by atoms with Crippen LogP contribution >= 0.6 is 0 Å². The lowest BCUT2D eigenvalue weighted by Crippen LogP contribution is -2.32. The summed E-state index contributed by atoms with van der Waals surface area (Å²) in [5, 5.41) is 0. The van der Waals surface area contributed by atoms with E-state index in [2.05, 4.69) is 4.98 Å². The largest absolute Gasteiger partial charge is 0.488 e. The van der Waals surface area contributed by atoms with Gasteiger partial charge in [-0.15, -0.1) is 0 Å². The molecule has 1 aromatic heterocycles. The molecule has 0 bridgehead atoms. The smallest absolute Gasteiger partial charge is 0.226 e. The number of pyridine rings is 1. The minimum absolute atomic E-state index is 0.00789. The molecule has 1 saturated heterocycles. The molecule has 1 amide bonds. The van der Waals surface area contributed by atoms with Crippen molar-refractivity contribution in [3.8, 4) is 5.75 Å². The zero-order chi connectivity index (χ0) is 16.5. The van der Waals surface area contributed by atoms with E-state index in [1.54, 1.807) is 18.5 Å². The zero-order valence-electron chi connectivity index (χ0n) is 13.3. The van der Waals surface area contributed by atoms with Gasteiger partial charge in [-0.1, -0.05) is 12.1 Å². The van der Waals surface area contributed by atoms with Crippen molar-refractivity contribution in [1.29, 1.82) is 0 Å². The predicted molar refractivity (Wildman–Crippen MR) is 87.1 cm³/mol. The first kappa shape index (κ1) is 15.1. The lowest BCUT2D eigenvalue weighted by atomic mass is 10.1. The van der Waals surface area contributed by atoms with Gasteiger partial charge in [-0.2, -0.15) is 0 Å². The highest BCUT2D eigenvalue weighted by atomic mass is 19.1. The topological polar surface area (TPSA) is 42.4 Å². The number of nitrogens with zero attached hydrogens (tertiary/aromatic N) is 2. The van der Waals surface area contributed by atoms with Gasteiger partial charge in [-0.25, -0.2) is 4.39 Å². The molecule has 1 aliphatic carbocycles. The molecular weight excluding hydrogens is 307 g/mol. The van der Waals surface area contributed by atoms with Crippen LogP contribution in [0.2, 0.25) is 0 Å². The summed E-state index contributed by atoms with van der Waals surface area (Å²) >= 11 is 0. The Morgan fingerprint density at radius 1 is 1.25 bits per heavy atom. The number of benzene rings is 1. The highest BCUT2D eigenvalue weighted by molar-refractivity contribution is 5.83. The Bertz CT molecular complexity index is 737. The second kappa shape index (κ2) is 6.23. The van der Waals surface area contributed by atoms with Crippen molar-refractivity contribution < 1.29 is 13.9 Å². The van der Waals surface area contributed by atoms with Crippen LogP contribution in [-0.4, -0.2) is 35.0 Å². The van der Waals surface area contributed by atoms with E-state index in [-0.39, 0.29) is 29.7 Å². The molecular formula is C19H19FN2O2. The Morgan fingerprint density at radius 2 is 2.08 bits per heavy atom. The number of amides is 1. The van der Waals surface area contributed by atoms with Crippen molar-refractivity contribution >= 4 is 5.91 Å². The lowest BCUT2D eigenvalue weighted by Gasteiger charge is -2.17. The van der Waals surface area contributed by atoms with E-state index in [0.717, 1.165) is 30.7 Å². The first-order valence-corrected chi connectivity index (χ1v) is 8.31. The maximum absolute atomic E-state index is 13.3. The van der Waals surface area contributed by atoms with Crippen LogP contribution in [0.15, 0.2) is 48.8 Å². The molecule has 0 N–H and O–H groups in total. The quantitative estimate of drug-likeness (QED) is 0.867. The third-order valence-electron chi connectivity index (χ3n) is 4.79. The van der Waals surface area contributed by atoms with Gasteiger partial charge in [-0.3, -0.25) is 9.78 Å². The minimum Gasteiger partial charge on any atom is -0.488 e. The maximum atomic E-state index is 13.3. The molecule has 1 saturated carbocycles. The van der Waals surface area contributed by atoms with Crippen LogP contribution < -0.4 is 4.74 Å². The van der Waals surface area contributed by atoms with Gasteiger partial charge in [0.25, 0.3) is 0 Å². The van der Waals surface area contributed by atoms with Gasteiger partial charge < -0.3 is 9.64 Å². The first-order valence-electron chi connectivity index (χ1n) is 8.31. The van der Waals surface area contributed by atoms with Crippen molar-refractivity contribution in [3.05, 3.63) is 60.2 Å². The van der Waals surface area contributed by atoms with Crippen molar-refractivity contribution in [3.63, 3.8) is 0 Å². The molecule has 2 heterocycles. The number of halogens is 1. The fourth-order valence-corrected chi connectivity index (χ4v) is 3.44. The Balaban J connectivity index is 1.34. The van der Waals surface area contributed by atoms with Crippen LogP contribution in [0.5, 0.6) is 5.75 Å². The normalized spacial score (nSPS) is 25.5. The van der Waals surface area contributed by atoms with Crippen molar-refractivity contribution in [2.24, 2.45) is 5.92 Å². The first-order chi connectivity index (χ1) is 11.7. The number of carbonyl (C=O) groups excluding carboxylic acids is 1. The third-order valence-corrected chi connectivity index (χ3v) is 4.79. The van der Waals surface area contributed by atoms with Gasteiger partial charge in [0.1, 0.15) is 17.7 Å². The number of likely N-dealkylation sites (tertiary alicyclic amines) is 1. The Morgan fingerprint density at radius 3 is 2.88 bits per heavy atom. The zero-order valence-corrected chi connectivity index (χ0v) is 13.3. The molecule has 0 unspecified atom stereocenters.